The van der Waals surface area contributed by atoms with Crippen LogP contribution in [0.25, 0.3) is 11.1 Å². The molecule has 0 radical (unpaired) electrons. The number of anilines is 2. The molecule has 9 heteroatoms. The summed E-state index contributed by atoms with van der Waals surface area (Å²) in [7, 11) is 1.73. The molecule has 3 amide bonds. The lowest BCUT2D eigenvalue weighted by atomic mass is 9.92. The lowest BCUT2D eigenvalue weighted by molar-refractivity contribution is 0.00701. The summed E-state index contributed by atoms with van der Waals surface area (Å²) < 4.78 is 5.67. The van der Waals surface area contributed by atoms with E-state index in [0.717, 1.165) is 0 Å². The molecule has 210 valence electrons. The summed E-state index contributed by atoms with van der Waals surface area (Å²) in [5.74, 6) is -1.78. The number of carbonyl (C=O) groups is 4. The molecular formula is C31H36N4O5. The molecule has 0 bridgehead atoms. The van der Waals surface area contributed by atoms with Crippen molar-refractivity contribution in [1.29, 1.82) is 0 Å². The first-order valence-electron chi connectivity index (χ1n) is 13.0. The van der Waals surface area contributed by atoms with E-state index in [4.69, 9.17) is 10.5 Å². The fourth-order valence-corrected chi connectivity index (χ4v) is 3.89. The fourth-order valence-electron chi connectivity index (χ4n) is 3.89. The predicted molar refractivity (Wildman–Crippen MR) is 157 cm³/mol. The number of carbonyl (C=O) groups excluding carboxylic acids is 4. The maximum Gasteiger partial charge on any atom is 0.339 e. The number of esters is 1. The van der Waals surface area contributed by atoms with Crippen LogP contribution in [0.2, 0.25) is 0 Å². The molecule has 0 aliphatic heterocycles. The van der Waals surface area contributed by atoms with E-state index in [1.165, 1.54) is 12.1 Å². The average molecular weight is 545 g/mol. The van der Waals surface area contributed by atoms with Gasteiger partial charge in [0.2, 0.25) is 5.91 Å². The Morgan fingerprint density at radius 2 is 1.50 bits per heavy atom. The molecule has 3 rings (SSSR count). The van der Waals surface area contributed by atoms with Crippen LogP contribution in [0.1, 0.15) is 76.1 Å². The molecule has 0 spiro atoms. The van der Waals surface area contributed by atoms with E-state index < -0.39 is 23.4 Å². The van der Waals surface area contributed by atoms with Crippen molar-refractivity contribution in [2.24, 2.45) is 11.7 Å². The standard InChI is InChI=1S/C31H36N4O5/c1-18(2)17-34-28(37)20-10-12-24(26(15-20)30(39)40-31(3,4)5)23-13-11-21(33-6)16-25(23)29(38)35-22-9-7-8-19(14-22)27(32)36/h7-16,18,33H,17H2,1-6H3,(H2,32,36)(H,34,37)(H,35,38). The van der Waals surface area contributed by atoms with Crippen LogP contribution in [0.15, 0.2) is 60.7 Å². The highest BCUT2D eigenvalue weighted by Crippen LogP contribution is 2.32. The SMILES string of the molecule is CNc1ccc(-c2ccc(C(=O)NCC(C)C)cc2C(=O)OC(C)(C)C)c(C(=O)Nc2cccc(C(N)=O)c2)c1. The first-order chi connectivity index (χ1) is 18.8. The van der Waals surface area contributed by atoms with E-state index in [1.807, 2.05) is 13.8 Å². The van der Waals surface area contributed by atoms with E-state index >= 15 is 0 Å². The minimum atomic E-state index is -0.786. The van der Waals surface area contributed by atoms with E-state index in [2.05, 4.69) is 16.0 Å². The number of hydrogen-bond donors (Lipinski definition) is 4. The fraction of sp³-hybridized carbons (Fsp3) is 0.290. The van der Waals surface area contributed by atoms with Crippen LogP contribution in [0.3, 0.4) is 0 Å². The maximum absolute atomic E-state index is 13.6. The van der Waals surface area contributed by atoms with Crippen molar-refractivity contribution < 1.29 is 23.9 Å². The van der Waals surface area contributed by atoms with Gasteiger partial charge in [0.05, 0.1) is 5.56 Å². The van der Waals surface area contributed by atoms with Crippen molar-refractivity contribution in [2.45, 2.75) is 40.2 Å². The monoisotopic (exact) mass is 544 g/mol. The van der Waals surface area contributed by atoms with Gasteiger partial charge in [0.25, 0.3) is 11.8 Å². The Balaban J connectivity index is 2.13. The lowest BCUT2D eigenvalue weighted by Gasteiger charge is -2.22. The first kappa shape index (κ1) is 29.9. The Morgan fingerprint density at radius 1 is 0.825 bits per heavy atom. The Morgan fingerprint density at radius 3 is 2.12 bits per heavy atom. The molecule has 0 saturated carbocycles. The van der Waals surface area contributed by atoms with Gasteiger partial charge in [-0.25, -0.2) is 4.79 Å². The quantitative estimate of drug-likeness (QED) is 0.277. The van der Waals surface area contributed by atoms with Gasteiger partial charge in [-0.05, 0) is 80.3 Å². The third kappa shape index (κ3) is 7.69. The summed E-state index contributed by atoms with van der Waals surface area (Å²) in [5.41, 5.74) is 7.49. The van der Waals surface area contributed by atoms with Gasteiger partial charge in [-0.3, -0.25) is 14.4 Å². The van der Waals surface area contributed by atoms with Gasteiger partial charge >= 0.3 is 5.97 Å². The van der Waals surface area contributed by atoms with Crippen LogP contribution >= 0.6 is 0 Å². The number of hydrogen-bond acceptors (Lipinski definition) is 6. The predicted octanol–water partition coefficient (Wildman–Crippen LogP) is 5.09. The van der Waals surface area contributed by atoms with Crippen LogP contribution in [0.5, 0.6) is 0 Å². The smallest absolute Gasteiger partial charge is 0.339 e. The van der Waals surface area contributed by atoms with E-state index in [9.17, 15) is 19.2 Å². The second-order valence-corrected chi connectivity index (χ2v) is 10.8. The zero-order valence-electron chi connectivity index (χ0n) is 23.7. The number of ether oxygens (including phenoxy) is 1. The molecule has 0 saturated heterocycles. The van der Waals surface area contributed by atoms with Gasteiger partial charge in [-0.2, -0.15) is 0 Å². The molecule has 40 heavy (non-hydrogen) atoms. The van der Waals surface area contributed by atoms with Gasteiger partial charge in [0.15, 0.2) is 0 Å². The van der Waals surface area contributed by atoms with Gasteiger partial charge in [-0.15, -0.1) is 0 Å². The van der Waals surface area contributed by atoms with Crippen LogP contribution in [-0.2, 0) is 4.74 Å². The first-order valence-corrected chi connectivity index (χ1v) is 13.0. The molecule has 3 aromatic carbocycles. The molecule has 0 aliphatic rings. The minimum absolute atomic E-state index is 0.147. The molecule has 3 aromatic rings. The van der Waals surface area contributed by atoms with Crippen molar-refractivity contribution >= 4 is 35.1 Å². The molecule has 0 heterocycles. The van der Waals surface area contributed by atoms with Gasteiger partial charge < -0.3 is 26.4 Å². The summed E-state index contributed by atoms with van der Waals surface area (Å²) in [5, 5.41) is 8.68. The second kappa shape index (κ2) is 12.5. The summed E-state index contributed by atoms with van der Waals surface area (Å²) >= 11 is 0. The molecule has 0 unspecified atom stereocenters. The Hall–Kier alpha value is -4.66. The molecule has 0 fully saturated rings. The molecule has 9 nitrogen and oxygen atoms in total. The van der Waals surface area contributed by atoms with Crippen molar-refractivity contribution in [3.63, 3.8) is 0 Å². The average Bonchev–Trinajstić information content (AvgIpc) is 2.90. The molecule has 0 atom stereocenters. The summed E-state index contributed by atoms with van der Waals surface area (Å²) in [6, 6.07) is 16.2. The Kier molecular flexibility index (Phi) is 9.31. The van der Waals surface area contributed by atoms with Crippen LogP contribution in [0, 0.1) is 5.92 Å². The van der Waals surface area contributed by atoms with Crippen LogP contribution < -0.4 is 21.7 Å². The van der Waals surface area contributed by atoms with Crippen molar-refractivity contribution in [3.8, 4) is 11.1 Å². The maximum atomic E-state index is 13.6. The normalized spacial score (nSPS) is 11.1. The Bertz CT molecular complexity index is 1440. The van der Waals surface area contributed by atoms with Gasteiger partial charge in [0, 0.05) is 41.7 Å². The minimum Gasteiger partial charge on any atom is -0.456 e. The Labute approximate surface area is 234 Å². The van der Waals surface area contributed by atoms with Crippen molar-refractivity contribution in [3.05, 3.63) is 82.9 Å². The van der Waals surface area contributed by atoms with E-state index in [-0.39, 0.29) is 28.5 Å². The third-order valence-electron chi connectivity index (χ3n) is 5.82. The van der Waals surface area contributed by atoms with E-state index in [1.54, 1.807) is 76.3 Å². The molecule has 5 N–H and O–H groups in total. The topological polar surface area (TPSA) is 140 Å². The van der Waals surface area contributed by atoms with Gasteiger partial charge in [-0.1, -0.05) is 32.0 Å². The number of rotatable bonds is 9. The number of primary amides is 1. The van der Waals surface area contributed by atoms with Crippen molar-refractivity contribution in [1.82, 2.24) is 5.32 Å². The van der Waals surface area contributed by atoms with Crippen LogP contribution in [0.4, 0.5) is 11.4 Å². The molecule has 0 aromatic heterocycles. The summed E-state index contributed by atoms with van der Waals surface area (Å²) in [4.78, 5) is 51.4. The number of nitrogens with two attached hydrogens (primary N) is 1. The number of nitrogens with one attached hydrogen (secondary N) is 3. The lowest BCUT2D eigenvalue weighted by Crippen LogP contribution is -2.28. The van der Waals surface area contributed by atoms with Crippen LogP contribution in [-0.4, -0.2) is 42.9 Å². The third-order valence-corrected chi connectivity index (χ3v) is 5.82. The highest BCUT2D eigenvalue weighted by molar-refractivity contribution is 6.12. The number of benzene rings is 3. The molecular weight excluding hydrogens is 508 g/mol. The largest absolute Gasteiger partial charge is 0.456 e. The highest BCUT2D eigenvalue weighted by atomic mass is 16.6. The van der Waals surface area contributed by atoms with Crippen molar-refractivity contribution in [2.75, 3.05) is 24.2 Å². The summed E-state index contributed by atoms with van der Waals surface area (Å²) in [6.07, 6.45) is 0. The number of amides is 3. The van der Waals surface area contributed by atoms with E-state index in [0.29, 0.717) is 34.6 Å². The second-order valence-electron chi connectivity index (χ2n) is 10.8. The highest BCUT2D eigenvalue weighted by Gasteiger charge is 2.25. The van der Waals surface area contributed by atoms with Gasteiger partial charge in [0.1, 0.15) is 5.60 Å². The zero-order chi connectivity index (χ0) is 29.6. The molecule has 0 aliphatic carbocycles. The summed E-state index contributed by atoms with van der Waals surface area (Å²) in [6.45, 7) is 9.72. The zero-order valence-corrected chi connectivity index (χ0v) is 23.7.